The minimum Gasteiger partial charge on any atom is -0.497 e. The van der Waals surface area contributed by atoms with E-state index in [4.69, 9.17) is 28.4 Å². The summed E-state index contributed by atoms with van der Waals surface area (Å²) in [4.78, 5) is 56.5. The van der Waals surface area contributed by atoms with E-state index in [1.54, 1.807) is 42.5 Å². The highest BCUT2D eigenvalue weighted by molar-refractivity contribution is 6.08. The number of ether oxygens (including phenoxy) is 6. The van der Waals surface area contributed by atoms with Gasteiger partial charge in [0.05, 0.1) is 24.3 Å². The molecule has 0 aliphatic carbocycles. The van der Waals surface area contributed by atoms with Crippen LogP contribution in [0.3, 0.4) is 0 Å². The lowest BCUT2D eigenvalue weighted by Gasteiger charge is -2.39. The number of carbonyl (C=O) groups is 4. The van der Waals surface area contributed by atoms with Crippen LogP contribution in [0.2, 0.25) is 0 Å². The first-order valence-electron chi connectivity index (χ1n) is 16.3. The fourth-order valence-corrected chi connectivity index (χ4v) is 5.82. The number of rotatable bonds is 15. The molecule has 0 saturated carbocycles. The van der Waals surface area contributed by atoms with Crippen LogP contribution >= 0.6 is 0 Å². The van der Waals surface area contributed by atoms with Crippen LogP contribution in [0.1, 0.15) is 75.7 Å². The molecule has 3 atom stereocenters. The fourth-order valence-electron chi connectivity index (χ4n) is 5.82. The van der Waals surface area contributed by atoms with Crippen molar-refractivity contribution in [1.29, 1.82) is 0 Å². The summed E-state index contributed by atoms with van der Waals surface area (Å²) < 4.78 is 33.3. The van der Waals surface area contributed by atoms with Crippen molar-refractivity contribution in [2.24, 2.45) is 0 Å². The zero-order valence-corrected chi connectivity index (χ0v) is 28.9. The molecule has 13 nitrogen and oxygen atoms in total. The second-order valence-electron chi connectivity index (χ2n) is 11.9. The van der Waals surface area contributed by atoms with Crippen molar-refractivity contribution in [3.63, 3.8) is 0 Å². The summed E-state index contributed by atoms with van der Waals surface area (Å²) in [7, 11) is 4.37. The molecule has 4 rings (SSSR count). The molecular formula is C37H44N2O11. The lowest BCUT2D eigenvalue weighted by Crippen LogP contribution is -2.62. The molecule has 0 bridgehead atoms. The number of ketones is 1. The number of methoxy groups -OCH3 is 3. The van der Waals surface area contributed by atoms with Crippen LogP contribution in [0, 0.1) is 0 Å². The number of benzene rings is 3. The first-order chi connectivity index (χ1) is 24.1. The summed E-state index contributed by atoms with van der Waals surface area (Å²) in [6, 6.07) is 16.2. The summed E-state index contributed by atoms with van der Waals surface area (Å²) in [5.41, 5.74) is -0.943. The lowest BCUT2D eigenvalue weighted by molar-refractivity contribution is -0.0274. The monoisotopic (exact) mass is 692 g/mol. The average molecular weight is 693 g/mol. The van der Waals surface area contributed by atoms with Crippen LogP contribution in [0.4, 0.5) is 4.79 Å². The SMILES string of the molecule is CCC(C)c1cc(C(=O)N[C@@H]2CN(C(=O)O)CCC[C@]2(OC(=O)c2ccccc2)C(=O)c2cc(OC)ccc2OCOC)ccc1OCOC. The average Bonchev–Trinajstić information content (AvgIpc) is 3.32. The topological polar surface area (TPSA) is 159 Å². The highest BCUT2D eigenvalue weighted by Gasteiger charge is 2.53. The molecule has 1 aliphatic rings. The van der Waals surface area contributed by atoms with Gasteiger partial charge in [0.15, 0.2) is 19.2 Å². The number of esters is 1. The lowest BCUT2D eigenvalue weighted by atomic mass is 9.81. The first kappa shape index (κ1) is 37.7. The third-order valence-corrected chi connectivity index (χ3v) is 8.70. The van der Waals surface area contributed by atoms with E-state index in [1.165, 1.54) is 45.6 Å². The van der Waals surface area contributed by atoms with Gasteiger partial charge in [0.25, 0.3) is 5.91 Å². The van der Waals surface area contributed by atoms with Crippen LogP contribution in [0.25, 0.3) is 0 Å². The van der Waals surface area contributed by atoms with Crippen molar-refractivity contribution in [3.8, 4) is 17.2 Å². The van der Waals surface area contributed by atoms with Gasteiger partial charge in [-0.2, -0.15) is 0 Å². The molecule has 0 radical (unpaired) electrons. The van der Waals surface area contributed by atoms with E-state index < -0.39 is 35.4 Å². The van der Waals surface area contributed by atoms with Crippen LogP contribution in [0.15, 0.2) is 66.7 Å². The molecule has 13 heteroatoms. The zero-order valence-electron chi connectivity index (χ0n) is 28.9. The van der Waals surface area contributed by atoms with Crippen molar-refractivity contribution in [2.75, 3.05) is 48.0 Å². The molecule has 1 aliphatic heterocycles. The van der Waals surface area contributed by atoms with Crippen LogP contribution in [-0.2, 0) is 14.2 Å². The Bertz CT molecular complexity index is 1650. The van der Waals surface area contributed by atoms with Crippen molar-refractivity contribution in [1.82, 2.24) is 10.2 Å². The number of likely N-dealkylation sites (tertiary alicyclic amines) is 1. The molecule has 2 amide bonds. The third-order valence-electron chi connectivity index (χ3n) is 8.70. The highest BCUT2D eigenvalue weighted by atomic mass is 16.7. The molecule has 3 aromatic carbocycles. The Morgan fingerprint density at radius 1 is 0.920 bits per heavy atom. The minimum atomic E-state index is -2.09. The maximum Gasteiger partial charge on any atom is 0.407 e. The largest absolute Gasteiger partial charge is 0.497 e. The van der Waals surface area contributed by atoms with Gasteiger partial charge in [-0.3, -0.25) is 9.59 Å². The zero-order chi connectivity index (χ0) is 36.3. The number of nitrogens with one attached hydrogen (secondary N) is 1. The predicted octanol–water partition coefficient (Wildman–Crippen LogP) is 5.53. The van der Waals surface area contributed by atoms with Gasteiger partial charge in [0, 0.05) is 32.9 Å². The van der Waals surface area contributed by atoms with Crippen LogP contribution in [-0.4, -0.2) is 93.4 Å². The maximum atomic E-state index is 15.0. The van der Waals surface area contributed by atoms with Crippen molar-refractivity contribution in [2.45, 2.75) is 50.7 Å². The Balaban J connectivity index is 1.88. The van der Waals surface area contributed by atoms with Gasteiger partial charge in [-0.05, 0) is 79.3 Å². The molecule has 0 spiro atoms. The summed E-state index contributed by atoms with van der Waals surface area (Å²) in [6.07, 6.45) is -0.492. The van der Waals surface area contributed by atoms with Gasteiger partial charge in [-0.15, -0.1) is 0 Å². The summed E-state index contributed by atoms with van der Waals surface area (Å²) in [5.74, 6) is -1.16. The molecular weight excluding hydrogens is 648 g/mol. The quantitative estimate of drug-likeness (QED) is 0.117. The molecule has 0 aromatic heterocycles. The Hall–Kier alpha value is -5.14. The first-order valence-corrected chi connectivity index (χ1v) is 16.3. The smallest absolute Gasteiger partial charge is 0.407 e. The van der Waals surface area contributed by atoms with Crippen molar-refractivity contribution >= 4 is 23.8 Å². The van der Waals surface area contributed by atoms with Crippen molar-refractivity contribution < 1.29 is 52.7 Å². The van der Waals surface area contributed by atoms with Gasteiger partial charge >= 0.3 is 12.1 Å². The van der Waals surface area contributed by atoms with E-state index in [-0.39, 0.29) is 67.9 Å². The van der Waals surface area contributed by atoms with Crippen LogP contribution < -0.4 is 19.5 Å². The summed E-state index contributed by atoms with van der Waals surface area (Å²) in [6.45, 7) is 3.48. The van der Waals surface area contributed by atoms with Crippen LogP contribution in [0.5, 0.6) is 17.2 Å². The number of nitrogens with zero attached hydrogens (tertiary/aromatic N) is 1. The van der Waals surface area contributed by atoms with Crippen molar-refractivity contribution in [3.05, 3.63) is 89.0 Å². The number of hydrogen-bond acceptors (Lipinski definition) is 10. The summed E-state index contributed by atoms with van der Waals surface area (Å²) in [5, 5.41) is 13.0. The van der Waals surface area contributed by atoms with E-state index in [0.717, 1.165) is 16.9 Å². The maximum absolute atomic E-state index is 15.0. The number of carbonyl (C=O) groups excluding carboxylic acids is 3. The van der Waals surface area contributed by atoms with Gasteiger partial charge in [0.2, 0.25) is 5.78 Å². The van der Waals surface area contributed by atoms with E-state index in [0.29, 0.717) is 11.5 Å². The molecule has 50 heavy (non-hydrogen) atoms. The second kappa shape index (κ2) is 17.5. The van der Waals surface area contributed by atoms with Gasteiger partial charge < -0.3 is 43.7 Å². The van der Waals surface area contributed by atoms with E-state index in [2.05, 4.69) is 5.32 Å². The molecule has 268 valence electrons. The standard InChI is InChI=1S/C37H44N2O11/c1-6-24(2)28-19-26(13-15-30(28)48-22-45-3)34(41)38-32-21-39(36(43)44)18-10-17-37(32,50-35(42)25-11-8-7-9-12-25)33(40)29-20-27(47-5)14-16-31(29)49-23-46-4/h7-9,11-16,19-20,24,32H,6,10,17-18,21-23H2,1-5H3,(H,38,41)(H,43,44)/t24?,32-,37-/m1/s1. The molecule has 1 heterocycles. The minimum absolute atomic E-state index is 0.0102. The van der Waals surface area contributed by atoms with E-state index in [9.17, 15) is 19.5 Å². The molecule has 1 unspecified atom stereocenters. The molecule has 1 saturated heterocycles. The Morgan fingerprint density at radius 3 is 2.24 bits per heavy atom. The van der Waals surface area contributed by atoms with Gasteiger partial charge in [-0.25, -0.2) is 9.59 Å². The van der Waals surface area contributed by atoms with Gasteiger partial charge in [-0.1, -0.05) is 32.0 Å². The Labute approximate surface area is 291 Å². The molecule has 1 fully saturated rings. The highest BCUT2D eigenvalue weighted by Crippen LogP contribution is 2.37. The third kappa shape index (κ3) is 8.71. The normalized spacial score (nSPS) is 17.9. The van der Waals surface area contributed by atoms with E-state index in [1.807, 2.05) is 13.8 Å². The number of Topliss-reactive ketones (excluding diaryl/α,β-unsaturated/α-hetero) is 1. The Morgan fingerprint density at radius 2 is 1.60 bits per heavy atom. The molecule has 3 aromatic rings. The van der Waals surface area contributed by atoms with Gasteiger partial charge in [0.1, 0.15) is 17.2 Å². The predicted molar refractivity (Wildman–Crippen MR) is 182 cm³/mol. The number of hydrogen-bond donors (Lipinski definition) is 2. The second-order valence-corrected chi connectivity index (χ2v) is 11.9. The van der Waals surface area contributed by atoms with E-state index >= 15 is 4.79 Å². The summed E-state index contributed by atoms with van der Waals surface area (Å²) >= 11 is 0. The fraction of sp³-hybridized carbons (Fsp3) is 0.405. The molecule has 2 N–H and O–H groups in total. The number of amides is 2. The Kier molecular flexibility index (Phi) is 13.2. The number of carboxylic acid groups (broad SMARTS) is 1.